The molecule has 1 aliphatic rings. The van der Waals surface area contributed by atoms with E-state index in [1.54, 1.807) is 42.6 Å². The van der Waals surface area contributed by atoms with Crippen molar-refractivity contribution >= 4 is 52.2 Å². The van der Waals surface area contributed by atoms with E-state index in [2.05, 4.69) is 19.9 Å². The average molecular weight is 691 g/mol. The van der Waals surface area contributed by atoms with E-state index in [9.17, 15) is 17.6 Å². The lowest BCUT2D eigenvalue weighted by atomic mass is 10.0. The number of benzene rings is 3. The van der Waals surface area contributed by atoms with E-state index in [1.807, 2.05) is 47.4 Å². The zero-order valence-corrected chi connectivity index (χ0v) is 27.8. The minimum absolute atomic E-state index is 0. The number of carbonyl (C=O) groups is 1. The fourth-order valence-corrected chi connectivity index (χ4v) is 5.78. The molecular formula is C33H38Cl2FN5O4S. The number of pyridine rings is 1. The van der Waals surface area contributed by atoms with Gasteiger partial charge in [0.2, 0.25) is 10.0 Å². The number of urea groups is 1. The molecule has 0 bridgehead atoms. The molecule has 0 atom stereocenters. The Morgan fingerprint density at radius 2 is 1.52 bits per heavy atom. The standard InChI is InChI=1S/C33H36FN5O4S.2ClH/c1-44(41,42)37-29-11-15-32(16-12-29)43-31-13-5-25(6-14-31)24-38-21-18-30(19-22-38)39(23-17-27-4-2-3-20-35-27)33(40)36-28-9-7-26(34)8-10-28;;/h2-16,20,30,37H,17-19,21-24H2,1H3,(H,36,40);2*1H. The molecule has 2 N–H and O–H groups in total. The summed E-state index contributed by atoms with van der Waals surface area (Å²) >= 11 is 0. The SMILES string of the molecule is CS(=O)(=O)Nc1ccc(Oc2ccc(CN3CCC(N(CCc4ccccn4)C(=O)Nc4ccc(F)cc4)CC3)cc2)cc1.Cl.Cl. The molecule has 4 aromatic rings. The Morgan fingerprint density at radius 3 is 2.11 bits per heavy atom. The molecule has 0 aliphatic carbocycles. The number of anilines is 2. The van der Waals surface area contributed by atoms with Crippen molar-refractivity contribution in [2.75, 3.05) is 35.9 Å². The van der Waals surface area contributed by atoms with Crippen molar-refractivity contribution in [2.45, 2.75) is 31.8 Å². The molecule has 9 nitrogen and oxygen atoms in total. The van der Waals surface area contributed by atoms with Crippen LogP contribution in [0.3, 0.4) is 0 Å². The molecule has 5 rings (SSSR count). The van der Waals surface area contributed by atoms with E-state index in [1.165, 1.54) is 12.1 Å². The van der Waals surface area contributed by atoms with Gasteiger partial charge in [0.05, 0.1) is 6.26 Å². The minimum Gasteiger partial charge on any atom is -0.457 e. The number of likely N-dealkylation sites (tertiary alicyclic amines) is 1. The van der Waals surface area contributed by atoms with Gasteiger partial charge < -0.3 is 15.0 Å². The number of ether oxygens (including phenoxy) is 1. The Morgan fingerprint density at radius 1 is 0.913 bits per heavy atom. The van der Waals surface area contributed by atoms with Gasteiger partial charge in [0, 0.05) is 61.9 Å². The van der Waals surface area contributed by atoms with Crippen LogP contribution >= 0.6 is 24.8 Å². The number of aromatic nitrogens is 1. The third kappa shape index (κ3) is 11.2. The fourth-order valence-electron chi connectivity index (χ4n) is 5.21. The van der Waals surface area contributed by atoms with Crippen molar-refractivity contribution in [2.24, 2.45) is 0 Å². The Labute approximate surface area is 282 Å². The molecule has 3 aromatic carbocycles. The maximum absolute atomic E-state index is 13.4. The molecule has 1 fully saturated rings. The predicted molar refractivity (Wildman–Crippen MR) is 184 cm³/mol. The van der Waals surface area contributed by atoms with Gasteiger partial charge in [0.1, 0.15) is 17.3 Å². The highest BCUT2D eigenvalue weighted by Crippen LogP contribution is 2.25. The van der Waals surface area contributed by atoms with Gasteiger partial charge in [-0.3, -0.25) is 14.6 Å². The van der Waals surface area contributed by atoms with Crippen molar-refractivity contribution in [1.29, 1.82) is 0 Å². The monoisotopic (exact) mass is 689 g/mol. The van der Waals surface area contributed by atoms with Crippen molar-refractivity contribution in [3.05, 3.63) is 114 Å². The molecule has 46 heavy (non-hydrogen) atoms. The smallest absolute Gasteiger partial charge is 0.322 e. The summed E-state index contributed by atoms with van der Waals surface area (Å²) in [5.41, 5.74) is 3.12. The van der Waals surface area contributed by atoms with E-state index in [-0.39, 0.29) is 42.7 Å². The van der Waals surface area contributed by atoms with E-state index >= 15 is 0 Å². The van der Waals surface area contributed by atoms with Crippen LogP contribution in [-0.4, -0.2) is 61.2 Å². The van der Waals surface area contributed by atoms with Crippen molar-refractivity contribution in [1.82, 2.24) is 14.8 Å². The number of halogens is 3. The number of piperidine rings is 1. The summed E-state index contributed by atoms with van der Waals surface area (Å²) in [6.07, 6.45) is 5.19. The van der Waals surface area contributed by atoms with Crippen molar-refractivity contribution in [3.63, 3.8) is 0 Å². The molecular weight excluding hydrogens is 652 g/mol. The summed E-state index contributed by atoms with van der Waals surface area (Å²) in [5.74, 6) is 0.947. The lowest BCUT2D eigenvalue weighted by Crippen LogP contribution is -2.49. The summed E-state index contributed by atoms with van der Waals surface area (Å²) in [6, 6.07) is 26.1. The number of hydrogen-bond donors (Lipinski definition) is 2. The predicted octanol–water partition coefficient (Wildman–Crippen LogP) is 6.97. The highest BCUT2D eigenvalue weighted by atomic mass is 35.5. The Balaban J connectivity index is 0.00000288. The highest BCUT2D eigenvalue weighted by molar-refractivity contribution is 7.92. The second-order valence-electron chi connectivity index (χ2n) is 10.9. The van der Waals surface area contributed by atoms with Crippen LogP contribution in [0.4, 0.5) is 20.6 Å². The van der Waals surface area contributed by atoms with Crippen molar-refractivity contribution < 1.29 is 22.3 Å². The van der Waals surface area contributed by atoms with Crippen LogP contribution in [0.1, 0.15) is 24.1 Å². The second-order valence-corrected chi connectivity index (χ2v) is 12.6. The Bertz CT molecular complexity index is 1620. The van der Waals surface area contributed by atoms with E-state index in [4.69, 9.17) is 4.74 Å². The topological polar surface area (TPSA) is 104 Å². The molecule has 1 aromatic heterocycles. The molecule has 1 saturated heterocycles. The lowest BCUT2D eigenvalue weighted by molar-refractivity contribution is 0.124. The summed E-state index contributed by atoms with van der Waals surface area (Å²) in [4.78, 5) is 22.1. The first-order chi connectivity index (χ1) is 21.2. The van der Waals surface area contributed by atoms with Gasteiger partial charge in [0.25, 0.3) is 0 Å². The molecule has 0 unspecified atom stereocenters. The molecule has 0 saturated carbocycles. The minimum atomic E-state index is -3.33. The van der Waals surface area contributed by atoms with Gasteiger partial charge in [0.15, 0.2) is 0 Å². The third-order valence-electron chi connectivity index (χ3n) is 7.41. The Kier molecular flexibility index (Phi) is 13.6. The van der Waals surface area contributed by atoms with Gasteiger partial charge in [-0.1, -0.05) is 18.2 Å². The zero-order valence-electron chi connectivity index (χ0n) is 25.3. The number of nitrogens with one attached hydrogen (secondary N) is 2. The second kappa shape index (κ2) is 17.1. The molecule has 0 spiro atoms. The van der Waals surface area contributed by atoms with Crippen molar-refractivity contribution in [3.8, 4) is 11.5 Å². The fraction of sp³-hybridized carbons (Fsp3) is 0.273. The normalized spacial score (nSPS) is 13.5. The van der Waals surface area contributed by atoms with Crippen LogP contribution in [0, 0.1) is 5.82 Å². The summed E-state index contributed by atoms with van der Waals surface area (Å²) in [6.45, 7) is 3.02. The van der Waals surface area contributed by atoms with Gasteiger partial charge >= 0.3 is 6.03 Å². The van der Waals surface area contributed by atoms with E-state index < -0.39 is 10.0 Å². The summed E-state index contributed by atoms with van der Waals surface area (Å²) < 4.78 is 44.5. The average Bonchev–Trinajstić information content (AvgIpc) is 3.01. The van der Waals surface area contributed by atoms with Crippen LogP contribution in [0.2, 0.25) is 0 Å². The first kappa shape index (κ1) is 36.6. The van der Waals surface area contributed by atoms with Gasteiger partial charge in [-0.25, -0.2) is 17.6 Å². The number of hydrogen-bond acceptors (Lipinski definition) is 6. The van der Waals surface area contributed by atoms with Crippen LogP contribution in [0.15, 0.2) is 97.2 Å². The summed E-state index contributed by atoms with van der Waals surface area (Å²) in [7, 11) is -3.33. The summed E-state index contributed by atoms with van der Waals surface area (Å²) in [5, 5.41) is 2.94. The number of rotatable bonds is 11. The van der Waals surface area contributed by atoms with E-state index in [0.29, 0.717) is 35.8 Å². The first-order valence-electron chi connectivity index (χ1n) is 14.5. The lowest BCUT2D eigenvalue weighted by Gasteiger charge is -2.38. The Hall–Kier alpha value is -3.90. The molecule has 0 radical (unpaired) electrons. The van der Waals surface area contributed by atoms with Crippen LogP contribution in [-0.2, 0) is 23.0 Å². The molecule has 2 heterocycles. The molecule has 13 heteroatoms. The number of nitrogens with zero attached hydrogens (tertiary/aromatic N) is 3. The number of carbonyl (C=O) groups excluding carboxylic acids is 1. The maximum atomic E-state index is 13.4. The van der Waals surface area contributed by atoms with Gasteiger partial charge in [-0.2, -0.15) is 0 Å². The van der Waals surface area contributed by atoms with Crippen LogP contribution in [0.25, 0.3) is 0 Å². The third-order valence-corrected chi connectivity index (χ3v) is 8.02. The van der Waals surface area contributed by atoms with Gasteiger partial charge in [-0.15, -0.1) is 24.8 Å². The van der Waals surface area contributed by atoms with E-state index in [0.717, 1.165) is 50.0 Å². The highest BCUT2D eigenvalue weighted by Gasteiger charge is 2.28. The zero-order chi connectivity index (χ0) is 30.9. The molecule has 1 aliphatic heterocycles. The molecule has 2 amide bonds. The van der Waals surface area contributed by atoms with Crippen LogP contribution < -0.4 is 14.8 Å². The molecule has 246 valence electrons. The largest absolute Gasteiger partial charge is 0.457 e. The van der Waals surface area contributed by atoms with Crippen LogP contribution in [0.5, 0.6) is 11.5 Å². The number of sulfonamides is 1. The maximum Gasteiger partial charge on any atom is 0.322 e. The first-order valence-corrected chi connectivity index (χ1v) is 16.4. The number of amides is 2. The quantitative estimate of drug-likeness (QED) is 0.176. The van der Waals surface area contributed by atoms with Gasteiger partial charge in [-0.05, 0) is 91.2 Å².